The molecule has 0 unspecified atom stereocenters. The summed E-state index contributed by atoms with van der Waals surface area (Å²) in [6.45, 7) is 1.97. The summed E-state index contributed by atoms with van der Waals surface area (Å²) in [7, 11) is 0. The Morgan fingerprint density at radius 3 is 2.44 bits per heavy atom. The summed E-state index contributed by atoms with van der Waals surface area (Å²) in [5.41, 5.74) is 3.52. The first-order valence-corrected chi connectivity index (χ1v) is 6.11. The van der Waals surface area contributed by atoms with Gasteiger partial charge < -0.3 is 0 Å². The molecule has 0 bridgehead atoms. The van der Waals surface area contributed by atoms with Crippen molar-refractivity contribution in [1.82, 2.24) is 9.97 Å². The molecule has 0 aliphatic carbocycles. The van der Waals surface area contributed by atoms with Gasteiger partial charge in [-0.15, -0.1) is 0 Å². The van der Waals surface area contributed by atoms with E-state index in [2.05, 4.69) is 9.97 Å². The van der Waals surface area contributed by atoms with Crippen molar-refractivity contribution in [3.63, 3.8) is 0 Å². The summed E-state index contributed by atoms with van der Waals surface area (Å²) in [4.78, 5) is 9.07. The summed E-state index contributed by atoms with van der Waals surface area (Å²) in [6.07, 6.45) is 0. The zero-order chi connectivity index (χ0) is 12.5. The van der Waals surface area contributed by atoms with E-state index < -0.39 is 0 Å². The SMILES string of the molecule is Cc1cccc(-c2ccc3cccc(Cl)c3n2)n1. The van der Waals surface area contributed by atoms with Crippen molar-refractivity contribution in [3.05, 3.63) is 59.2 Å². The molecule has 0 amide bonds. The number of rotatable bonds is 1. The predicted molar refractivity (Wildman–Crippen MR) is 74.7 cm³/mol. The normalized spacial score (nSPS) is 10.8. The summed E-state index contributed by atoms with van der Waals surface area (Å²) in [5.74, 6) is 0. The van der Waals surface area contributed by atoms with Crippen LogP contribution < -0.4 is 0 Å². The quantitative estimate of drug-likeness (QED) is 0.648. The summed E-state index contributed by atoms with van der Waals surface area (Å²) >= 11 is 6.16. The second kappa shape index (κ2) is 4.39. The van der Waals surface area contributed by atoms with Crippen molar-refractivity contribution in [1.29, 1.82) is 0 Å². The monoisotopic (exact) mass is 254 g/mol. The van der Waals surface area contributed by atoms with Gasteiger partial charge in [0.05, 0.1) is 21.9 Å². The lowest BCUT2D eigenvalue weighted by molar-refractivity contribution is 1.19. The Morgan fingerprint density at radius 2 is 1.61 bits per heavy atom. The first kappa shape index (κ1) is 11.2. The summed E-state index contributed by atoms with van der Waals surface area (Å²) < 4.78 is 0. The van der Waals surface area contributed by atoms with Crippen LogP contribution in [0.1, 0.15) is 5.69 Å². The molecule has 0 atom stereocenters. The van der Waals surface area contributed by atoms with Crippen LogP contribution in [0.2, 0.25) is 5.02 Å². The van der Waals surface area contributed by atoms with E-state index in [0.29, 0.717) is 5.02 Å². The third-order valence-electron chi connectivity index (χ3n) is 2.82. The van der Waals surface area contributed by atoms with E-state index in [0.717, 1.165) is 28.0 Å². The molecule has 0 aliphatic rings. The third-order valence-corrected chi connectivity index (χ3v) is 3.13. The molecule has 1 aromatic carbocycles. The first-order valence-electron chi connectivity index (χ1n) is 5.73. The molecular weight excluding hydrogens is 244 g/mol. The topological polar surface area (TPSA) is 25.8 Å². The predicted octanol–water partition coefficient (Wildman–Crippen LogP) is 4.26. The lowest BCUT2D eigenvalue weighted by atomic mass is 10.1. The van der Waals surface area contributed by atoms with Crippen LogP contribution in [0.5, 0.6) is 0 Å². The van der Waals surface area contributed by atoms with Gasteiger partial charge in [0.2, 0.25) is 0 Å². The summed E-state index contributed by atoms with van der Waals surface area (Å²) in [5, 5.41) is 1.71. The number of hydrogen-bond acceptors (Lipinski definition) is 2. The second-order valence-corrected chi connectivity index (χ2v) is 4.58. The molecule has 2 heterocycles. The van der Waals surface area contributed by atoms with Gasteiger partial charge in [-0.1, -0.05) is 35.9 Å². The largest absolute Gasteiger partial charge is 0.251 e. The molecule has 0 aliphatic heterocycles. The number of hydrogen-bond donors (Lipinski definition) is 0. The highest BCUT2D eigenvalue weighted by Gasteiger charge is 2.05. The number of aryl methyl sites for hydroxylation is 1. The zero-order valence-corrected chi connectivity index (χ0v) is 10.6. The van der Waals surface area contributed by atoms with Crippen LogP contribution in [0.3, 0.4) is 0 Å². The molecule has 2 aromatic heterocycles. The standard InChI is InChI=1S/C15H11ClN2/c1-10-4-2-7-13(17-10)14-9-8-11-5-3-6-12(16)15(11)18-14/h2-9H,1H3. The Kier molecular flexibility index (Phi) is 2.73. The van der Waals surface area contributed by atoms with E-state index in [1.807, 2.05) is 55.5 Å². The van der Waals surface area contributed by atoms with Crippen molar-refractivity contribution < 1.29 is 0 Å². The molecule has 2 nitrogen and oxygen atoms in total. The molecule has 88 valence electrons. The van der Waals surface area contributed by atoms with E-state index in [1.165, 1.54) is 0 Å². The van der Waals surface area contributed by atoms with Gasteiger partial charge in [0.15, 0.2) is 0 Å². The highest BCUT2D eigenvalue weighted by atomic mass is 35.5. The van der Waals surface area contributed by atoms with E-state index >= 15 is 0 Å². The Bertz CT molecular complexity index is 723. The van der Waals surface area contributed by atoms with Crippen molar-refractivity contribution in [2.45, 2.75) is 6.92 Å². The number of benzene rings is 1. The van der Waals surface area contributed by atoms with Crippen molar-refractivity contribution in [2.75, 3.05) is 0 Å². The van der Waals surface area contributed by atoms with Crippen molar-refractivity contribution in [3.8, 4) is 11.4 Å². The highest BCUT2D eigenvalue weighted by molar-refractivity contribution is 6.35. The fraction of sp³-hybridized carbons (Fsp3) is 0.0667. The number of para-hydroxylation sites is 1. The molecular formula is C15H11ClN2. The molecule has 3 heteroatoms. The van der Waals surface area contributed by atoms with Crippen LogP contribution >= 0.6 is 11.6 Å². The molecule has 3 rings (SSSR count). The molecule has 0 saturated carbocycles. The number of nitrogens with zero attached hydrogens (tertiary/aromatic N) is 2. The molecule has 0 spiro atoms. The number of fused-ring (bicyclic) bond motifs is 1. The van der Waals surface area contributed by atoms with E-state index in [1.54, 1.807) is 0 Å². The van der Waals surface area contributed by atoms with Gasteiger partial charge in [-0.2, -0.15) is 0 Å². The van der Waals surface area contributed by atoms with Gasteiger partial charge in [0.25, 0.3) is 0 Å². The Hall–Kier alpha value is -1.93. The van der Waals surface area contributed by atoms with Crippen LogP contribution in [0.25, 0.3) is 22.3 Å². The fourth-order valence-corrected chi connectivity index (χ4v) is 2.16. The average Bonchev–Trinajstić information content (AvgIpc) is 2.39. The van der Waals surface area contributed by atoms with Gasteiger partial charge >= 0.3 is 0 Å². The zero-order valence-electron chi connectivity index (χ0n) is 9.89. The van der Waals surface area contributed by atoms with E-state index in [9.17, 15) is 0 Å². The third kappa shape index (κ3) is 1.95. The van der Waals surface area contributed by atoms with Gasteiger partial charge in [-0.3, -0.25) is 4.98 Å². The number of halogens is 1. The molecule has 0 N–H and O–H groups in total. The molecule has 3 aromatic rings. The minimum absolute atomic E-state index is 0.669. The van der Waals surface area contributed by atoms with Crippen LogP contribution in [0, 0.1) is 6.92 Å². The maximum atomic E-state index is 6.16. The Balaban J connectivity index is 2.22. The van der Waals surface area contributed by atoms with Crippen LogP contribution in [0.15, 0.2) is 48.5 Å². The van der Waals surface area contributed by atoms with Gasteiger partial charge in [-0.25, -0.2) is 4.98 Å². The highest BCUT2D eigenvalue weighted by Crippen LogP contribution is 2.24. The Morgan fingerprint density at radius 1 is 0.833 bits per heavy atom. The molecule has 18 heavy (non-hydrogen) atoms. The number of aromatic nitrogens is 2. The second-order valence-electron chi connectivity index (χ2n) is 4.17. The maximum absolute atomic E-state index is 6.16. The number of pyridine rings is 2. The Labute approximate surface area is 110 Å². The van der Waals surface area contributed by atoms with Crippen molar-refractivity contribution in [2.24, 2.45) is 0 Å². The van der Waals surface area contributed by atoms with Gasteiger partial charge in [0, 0.05) is 11.1 Å². The lowest BCUT2D eigenvalue weighted by Gasteiger charge is -2.04. The minimum atomic E-state index is 0.669. The van der Waals surface area contributed by atoms with Gasteiger partial charge in [-0.05, 0) is 31.2 Å². The molecule has 0 fully saturated rings. The van der Waals surface area contributed by atoms with Crippen LogP contribution in [-0.4, -0.2) is 9.97 Å². The van der Waals surface area contributed by atoms with E-state index in [-0.39, 0.29) is 0 Å². The fourth-order valence-electron chi connectivity index (χ4n) is 1.94. The molecule has 0 saturated heterocycles. The van der Waals surface area contributed by atoms with E-state index in [4.69, 9.17) is 11.6 Å². The summed E-state index contributed by atoms with van der Waals surface area (Å²) in [6, 6.07) is 15.7. The maximum Gasteiger partial charge on any atom is 0.0896 e. The van der Waals surface area contributed by atoms with Crippen molar-refractivity contribution >= 4 is 22.5 Å². The lowest BCUT2D eigenvalue weighted by Crippen LogP contribution is -1.90. The average molecular weight is 255 g/mol. The van der Waals surface area contributed by atoms with Crippen LogP contribution in [-0.2, 0) is 0 Å². The molecule has 0 radical (unpaired) electrons. The van der Waals surface area contributed by atoms with Crippen LogP contribution in [0.4, 0.5) is 0 Å². The van der Waals surface area contributed by atoms with Gasteiger partial charge in [0.1, 0.15) is 0 Å². The smallest absolute Gasteiger partial charge is 0.0896 e. The first-order chi connectivity index (χ1) is 8.74. The minimum Gasteiger partial charge on any atom is -0.251 e.